The van der Waals surface area contributed by atoms with E-state index in [1.165, 1.54) is 4.31 Å². The van der Waals surface area contributed by atoms with E-state index in [4.69, 9.17) is 9.47 Å². The SMILES string of the molecule is Cc1ccc(S(=O)(=O)N2CCN(C(=O)N[C@H](c3ccc4c(c3)OCCO4)C(C)C)CC2)c(C)c1. The van der Waals surface area contributed by atoms with Crippen LogP contribution in [0.2, 0.25) is 0 Å². The van der Waals surface area contributed by atoms with E-state index in [-0.39, 0.29) is 31.1 Å². The molecule has 0 unspecified atom stereocenters. The van der Waals surface area contributed by atoms with Gasteiger partial charge in [0.05, 0.1) is 10.9 Å². The summed E-state index contributed by atoms with van der Waals surface area (Å²) in [5, 5.41) is 3.13. The number of rotatable bonds is 5. The first-order valence-electron chi connectivity index (χ1n) is 11.7. The van der Waals surface area contributed by atoms with Gasteiger partial charge < -0.3 is 19.7 Å². The second-order valence-corrected chi connectivity index (χ2v) is 11.1. The minimum Gasteiger partial charge on any atom is -0.486 e. The summed E-state index contributed by atoms with van der Waals surface area (Å²) < 4.78 is 39.1. The number of sulfonamides is 1. The van der Waals surface area contributed by atoms with E-state index in [9.17, 15) is 13.2 Å². The molecule has 8 nitrogen and oxygen atoms in total. The minimum atomic E-state index is -3.60. The van der Waals surface area contributed by atoms with Crippen molar-refractivity contribution in [1.29, 1.82) is 0 Å². The number of piperazine rings is 1. The van der Waals surface area contributed by atoms with Crippen LogP contribution in [-0.2, 0) is 10.0 Å². The lowest BCUT2D eigenvalue weighted by atomic mass is 9.95. The molecule has 2 heterocycles. The Morgan fingerprint density at radius 2 is 1.62 bits per heavy atom. The second-order valence-electron chi connectivity index (χ2n) is 9.23. The first kappa shape index (κ1) is 24.3. The fourth-order valence-electron chi connectivity index (χ4n) is 4.47. The average molecular weight is 488 g/mol. The summed E-state index contributed by atoms with van der Waals surface area (Å²) in [6.45, 7) is 10.1. The number of urea groups is 1. The predicted molar refractivity (Wildman–Crippen MR) is 130 cm³/mol. The maximum atomic E-state index is 13.2. The Morgan fingerprint density at radius 1 is 0.941 bits per heavy atom. The van der Waals surface area contributed by atoms with Crippen LogP contribution in [0.3, 0.4) is 0 Å². The summed E-state index contributed by atoms with van der Waals surface area (Å²) in [4.78, 5) is 15.1. The van der Waals surface area contributed by atoms with Gasteiger partial charge in [-0.3, -0.25) is 0 Å². The van der Waals surface area contributed by atoms with Crippen molar-refractivity contribution in [2.45, 2.75) is 38.6 Å². The second kappa shape index (κ2) is 9.84. The van der Waals surface area contributed by atoms with E-state index in [1.54, 1.807) is 11.0 Å². The van der Waals surface area contributed by atoms with Gasteiger partial charge in [-0.2, -0.15) is 4.31 Å². The van der Waals surface area contributed by atoms with Crippen molar-refractivity contribution in [1.82, 2.24) is 14.5 Å². The molecule has 1 atom stereocenters. The third-order valence-corrected chi connectivity index (χ3v) is 8.40. The number of nitrogens with one attached hydrogen (secondary N) is 1. The minimum absolute atomic E-state index is 0.151. The molecule has 2 aromatic rings. The summed E-state index contributed by atoms with van der Waals surface area (Å²) in [7, 11) is -3.60. The lowest BCUT2D eigenvalue weighted by molar-refractivity contribution is 0.165. The average Bonchev–Trinajstić information content (AvgIpc) is 2.81. The highest BCUT2D eigenvalue weighted by Crippen LogP contribution is 2.34. The molecule has 0 radical (unpaired) electrons. The molecule has 2 amide bonds. The van der Waals surface area contributed by atoms with Gasteiger partial charge >= 0.3 is 6.03 Å². The van der Waals surface area contributed by atoms with Crippen molar-refractivity contribution in [3.05, 3.63) is 53.1 Å². The Morgan fingerprint density at radius 3 is 2.26 bits per heavy atom. The lowest BCUT2D eigenvalue weighted by Crippen LogP contribution is -2.53. The highest BCUT2D eigenvalue weighted by molar-refractivity contribution is 7.89. The molecule has 0 spiro atoms. The number of benzene rings is 2. The van der Waals surface area contributed by atoms with E-state index >= 15 is 0 Å². The van der Waals surface area contributed by atoms with Gasteiger partial charge in [0.25, 0.3) is 0 Å². The molecule has 34 heavy (non-hydrogen) atoms. The fraction of sp³-hybridized carbons (Fsp3) is 0.480. The summed E-state index contributed by atoms with van der Waals surface area (Å²) in [6.07, 6.45) is 0. The Kier molecular flexibility index (Phi) is 7.04. The van der Waals surface area contributed by atoms with Gasteiger partial charge in [-0.15, -0.1) is 0 Å². The Balaban J connectivity index is 1.41. The van der Waals surface area contributed by atoms with Gasteiger partial charge in [0.2, 0.25) is 10.0 Å². The van der Waals surface area contributed by atoms with E-state index in [0.717, 1.165) is 16.7 Å². The Bertz CT molecular complexity index is 1160. The quantitative estimate of drug-likeness (QED) is 0.698. The van der Waals surface area contributed by atoms with Crippen LogP contribution in [0.1, 0.15) is 36.6 Å². The molecule has 0 aromatic heterocycles. The molecule has 2 aliphatic rings. The summed E-state index contributed by atoms with van der Waals surface area (Å²) in [5.41, 5.74) is 2.71. The van der Waals surface area contributed by atoms with Crippen LogP contribution in [0.4, 0.5) is 4.79 Å². The monoisotopic (exact) mass is 487 g/mol. The number of hydrogen-bond donors (Lipinski definition) is 1. The topological polar surface area (TPSA) is 88.2 Å². The van der Waals surface area contributed by atoms with Crippen LogP contribution < -0.4 is 14.8 Å². The molecule has 1 N–H and O–H groups in total. The van der Waals surface area contributed by atoms with E-state index in [1.807, 2.05) is 44.2 Å². The Labute approximate surface area is 201 Å². The number of hydrogen-bond acceptors (Lipinski definition) is 5. The molecular weight excluding hydrogens is 454 g/mol. The molecule has 0 aliphatic carbocycles. The largest absolute Gasteiger partial charge is 0.486 e. The third-order valence-electron chi connectivity index (χ3n) is 6.35. The maximum absolute atomic E-state index is 13.2. The van der Waals surface area contributed by atoms with Gasteiger partial charge in [-0.05, 0) is 49.1 Å². The number of carbonyl (C=O) groups excluding carboxylic acids is 1. The molecule has 9 heteroatoms. The van der Waals surface area contributed by atoms with Crippen LogP contribution >= 0.6 is 0 Å². The van der Waals surface area contributed by atoms with Gasteiger partial charge in [0, 0.05) is 26.2 Å². The smallest absolute Gasteiger partial charge is 0.317 e. The lowest BCUT2D eigenvalue weighted by Gasteiger charge is -2.35. The molecule has 2 aromatic carbocycles. The number of fused-ring (bicyclic) bond motifs is 1. The van der Waals surface area contributed by atoms with E-state index in [0.29, 0.717) is 42.7 Å². The van der Waals surface area contributed by atoms with Crippen molar-refractivity contribution in [3.8, 4) is 11.5 Å². The summed E-state index contributed by atoms with van der Waals surface area (Å²) >= 11 is 0. The molecule has 0 bridgehead atoms. The van der Waals surface area contributed by atoms with Crippen LogP contribution in [0.15, 0.2) is 41.3 Å². The molecule has 1 saturated heterocycles. The number of aryl methyl sites for hydroxylation is 2. The predicted octanol–water partition coefficient (Wildman–Crippen LogP) is 3.49. The van der Waals surface area contributed by atoms with Crippen LogP contribution in [0.5, 0.6) is 11.5 Å². The van der Waals surface area contributed by atoms with Gasteiger partial charge in [0.15, 0.2) is 11.5 Å². The normalized spacial score (nSPS) is 17.5. The fourth-order valence-corrected chi connectivity index (χ4v) is 6.10. The highest BCUT2D eigenvalue weighted by atomic mass is 32.2. The molecule has 4 rings (SSSR count). The molecule has 184 valence electrons. The number of nitrogens with zero attached hydrogens (tertiary/aromatic N) is 2. The summed E-state index contributed by atoms with van der Waals surface area (Å²) in [5.74, 6) is 1.55. The summed E-state index contributed by atoms with van der Waals surface area (Å²) in [6, 6.07) is 10.7. The number of carbonyl (C=O) groups is 1. The van der Waals surface area contributed by atoms with Gasteiger partial charge in [-0.25, -0.2) is 13.2 Å². The van der Waals surface area contributed by atoms with Crippen molar-refractivity contribution >= 4 is 16.1 Å². The number of amides is 2. The first-order chi connectivity index (χ1) is 16.2. The third kappa shape index (κ3) is 5.00. The molecule has 0 saturated carbocycles. The van der Waals surface area contributed by atoms with Gasteiger partial charge in [-0.1, -0.05) is 37.6 Å². The van der Waals surface area contributed by atoms with Crippen LogP contribution in [-0.4, -0.2) is 63.0 Å². The molecule has 2 aliphatic heterocycles. The zero-order valence-electron chi connectivity index (χ0n) is 20.2. The van der Waals surface area contributed by atoms with Crippen LogP contribution in [0, 0.1) is 19.8 Å². The van der Waals surface area contributed by atoms with Gasteiger partial charge in [0.1, 0.15) is 13.2 Å². The van der Waals surface area contributed by atoms with Crippen molar-refractivity contribution in [2.24, 2.45) is 5.92 Å². The molecular formula is C25H33N3O5S. The maximum Gasteiger partial charge on any atom is 0.317 e. The van der Waals surface area contributed by atoms with E-state index in [2.05, 4.69) is 19.2 Å². The van der Waals surface area contributed by atoms with Crippen molar-refractivity contribution in [2.75, 3.05) is 39.4 Å². The van der Waals surface area contributed by atoms with Crippen molar-refractivity contribution in [3.63, 3.8) is 0 Å². The zero-order valence-corrected chi connectivity index (χ0v) is 21.0. The van der Waals surface area contributed by atoms with Crippen LogP contribution in [0.25, 0.3) is 0 Å². The highest BCUT2D eigenvalue weighted by Gasteiger charge is 2.32. The zero-order chi connectivity index (χ0) is 24.5. The standard InChI is InChI=1S/C25H33N3O5S/c1-17(2)24(20-6-7-21-22(16-20)33-14-13-32-21)26-25(29)27-9-11-28(12-10-27)34(30,31)23-8-5-18(3)15-19(23)4/h5-8,15-17,24H,9-14H2,1-4H3,(H,26,29)/t24-/m0/s1. The van der Waals surface area contributed by atoms with E-state index < -0.39 is 10.0 Å². The van der Waals surface area contributed by atoms with Crippen molar-refractivity contribution < 1.29 is 22.7 Å². The molecule has 1 fully saturated rings. The Hall–Kier alpha value is -2.78. The number of ether oxygens (including phenoxy) is 2. The first-order valence-corrected chi connectivity index (χ1v) is 13.1.